The van der Waals surface area contributed by atoms with Gasteiger partial charge in [0, 0.05) is 10.7 Å². The maximum Gasteiger partial charge on any atom is 0.235 e. The van der Waals surface area contributed by atoms with Crippen LogP contribution in [0.3, 0.4) is 0 Å². The molecule has 0 saturated heterocycles. The number of hydrogen-bond donors (Lipinski definition) is 0. The van der Waals surface area contributed by atoms with Crippen LogP contribution in [0.4, 0.5) is 0 Å². The summed E-state index contributed by atoms with van der Waals surface area (Å²) in [6.45, 7) is 0.536. The van der Waals surface area contributed by atoms with Crippen molar-refractivity contribution in [2.45, 2.75) is 6.42 Å². The minimum atomic E-state index is 0.536. The molecule has 0 bridgehead atoms. The number of isocyanates is 1. The Morgan fingerprint density at radius 1 is 1.89 bits per heavy atom. The third-order valence-corrected chi connectivity index (χ3v) is 2.18. The Kier molecular flexibility index (Phi) is 2.55. The molecule has 0 amide bonds. The molecule has 0 radical (unpaired) electrons. The van der Waals surface area contributed by atoms with Gasteiger partial charge in [-0.15, -0.1) is 11.8 Å². The molecule has 48 valence electrons. The van der Waals surface area contributed by atoms with E-state index in [1.165, 1.54) is 11.0 Å². The third-order valence-electron chi connectivity index (χ3n) is 1.08. The van der Waals surface area contributed by atoms with Crippen molar-refractivity contribution < 1.29 is 4.79 Å². The molecule has 0 saturated carbocycles. The Balaban J connectivity index is 2.34. The van der Waals surface area contributed by atoms with Crippen molar-refractivity contribution in [1.82, 2.24) is 0 Å². The lowest BCUT2D eigenvalue weighted by atomic mass is 10.4. The second-order valence-corrected chi connectivity index (χ2v) is 2.94. The van der Waals surface area contributed by atoms with Crippen molar-refractivity contribution in [3.8, 4) is 0 Å². The van der Waals surface area contributed by atoms with E-state index < -0.39 is 0 Å². The molecular formula is C6H7NOS. The van der Waals surface area contributed by atoms with E-state index in [4.69, 9.17) is 0 Å². The molecule has 0 aromatic carbocycles. The first kappa shape index (κ1) is 6.59. The predicted octanol–water partition coefficient (Wildman–Crippen LogP) is 1.34. The van der Waals surface area contributed by atoms with Crippen LogP contribution in [0.1, 0.15) is 6.42 Å². The van der Waals surface area contributed by atoms with E-state index in [1.807, 2.05) is 0 Å². The molecule has 0 aliphatic carbocycles. The molecule has 0 unspecified atom stereocenters. The largest absolute Gasteiger partial charge is 0.235 e. The topological polar surface area (TPSA) is 29.4 Å². The minimum Gasteiger partial charge on any atom is -0.211 e. The number of nitrogens with zero attached hydrogens (tertiary/aromatic N) is 1. The molecule has 1 aliphatic heterocycles. The monoisotopic (exact) mass is 141 g/mol. The number of carbonyl (C=O) groups excluding carboxylic acids is 1. The van der Waals surface area contributed by atoms with Gasteiger partial charge in [0.2, 0.25) is 6.08 Å². The first-order chi connectivity index (χ1) is 4.43. The Morgan fingerprint density at radius 2 is 2.78 bits per heavy atom. The Morgan fingerprint density at radius 3 is 3.33 bits per heavy atom. The van der Waals surface area contributed by atoms with Gasteiger partial charge in [-0.1, -0.05) is 6.08 Å². The van der Waals surface area contributed by atoms with Gasteiger partial charge in [0.25, 0.3) is 0 Å². The van der Waals surface area contributed by atoms with E-state index >= 15 is 0 Å². The molecule has 1 heterocycles. The van der Waals surface area contributed by atoms with Crippen LogP contribution in [-0.4, -0.2) is 18.4 Å². The zero-order valence-corrected chi connectivity index (χ0v) is 5.78. The van der Waals surface area contributed by atoms with Crippen molar-refractivity contribution in [2.24, 2.45) is 4.99 Å². The van der Waals surface area contributed by atoms with Gasteiger partial charge in [0.05, 0.1) is 6.54 Å². The lowest BCUT2D eigenvalue weighted by molar-refractivity contribution is 0.564. The van der Waals surface area contributed by atoms with Gasteiger partial charge in [-0.3, -0.25) is 0 Å². The van der Waals surface area contributed by atoms with E-state index in [-0.39, 0.29) is 0 Å². The zero-order valence-electron chi connectivity index (χ0n) is 4.96. The van der Waals surface area contributed by atoms with Gasteiger partial charge in [0.1, 0.15) is 0 Å². The van der Waals surface area contributed by atoms with Crippen LogP contribution in [0.5, 0.6) is 0 Å². The fourth-order valence-corrected chi connectivity index (χ4v) is 1.58. The molecule has 1 aliphatic rings. The average Bonchev–Trinajstić information content (AvgIpc) is 2.34. The highest BCUT2D eigenvalue weighted by molar-refractivity contribution is 8.03. The van der Waals surface area contributed by atoms with Gasteiger partial charge >= 0.3 is 0 Å². The minimum absolute atomic E-state index is 0.536. The van der Waals surface area contributed by atoms with Crippen molar-refractivity contribution in [3.63, 3.8) is 0 Å². The molecular weight excluding hydrogens is 134 g/mol. The zero-order chi connectivity index (χ0) is 6.53. The summed E-state index contributed by atoms with van der Waals surface area (Å²) in [7, 11) is 0. The lowest BCUT2D eigenvalue weighted by Crippen LogP contribution is -1.77. The van der Waals surface area contributed by atoms with Crippen LogP contribution in [0, 0.1) is 0 Å². The van der Waals surface area contributed by atoms with E-state index in [0.29, 0.717) is 6.54 Å². The van der Waals surface area contributed by atoms with Crippen LogP contribution >= 0.6 is 11.8 Å². The molecule has 3 heteroatoms. The normalized spacial score (nSPS) is 16.7. The second-order valence-electron chi connectivity index (χ2n) is 1.72. The predicted molar refractivity (Wildman–Crippen MR) is 38.1 cm³/mol. The van der Waals surface area contributed by atoms with E-state index in [9.17, 15) is 4.79 Å². The summed E-state index contributed by atoms with van der Waals surface area (Å²) in [6.07, 6.45) is 4.75. The van der Waals surface area contributed by atoms with Crippen LogP contribution in [0.25, 0.3) is 0 Å². The van der Waals surface area contributed by atoms with Crippen molar-refractivity contribution in [2.75, 3.05) is 12.3 Å². The average molecular weight is 141 g/mol. The van der Waals surface area contributed by atoms with Gasteiger partial charge in [-0.2, -0.15) is 0 Å². The molecule has 0 spiro atoms. The molecule has 0 N–H and O–H groups in total. The highest BCUT2D eigenvalue weighted by atomic mass is 32.2. The lowest BCUT2D eigenvalue weighted by Gasteiger charge is -1.88. The smallest absolute Gasteiger partial charge is 0.211 e. The van der Waals surface area contributed by atoms with Crippen LogP contribution in [-0.2, 0) is 4.79 Å². The number of hydrogen-bond acceptors (Lipinski definition) is 3. The van der Waals surface area contributed by atoms with Crippen LogP contribution in [0.2, 0.25) is 0 Å². The highest BCUT2D eigenvalue weighted by Crippen LogP contribution is 2.24. The molecule has 0 fully saturated rings. The van der Waals surface area contributed by atoms with Gasteiger partial charge in [-0.25, -0.2) is 9.79 Å². The van der Waals surface area contributed by atoms with Crippen molar-refractivity contribution in [3.05, 3.63) is 11.0 Å². The molecule has 1 rings (SSSR count). The van der Waals surface area contributed by atoms with Gasteiger partial charge < -0.3 is 0 Å². The summed E-state index contributed by atoms with van der Waals surface area (Å²) in [5.74, 6) is 1.14. The fourth-order valence-electron chi connectivity index (χ4n) is 0.689. The SMILES string of the molecule is O=C=NCC1=CCCS1. The summed E-state index contributed by atoms with van der Waals surface area (Å²) in [4.78, 5) is 14.3. The molecule has 0 aromatic rings. The standard InChI is InChI=1S/C6H7NOS/c8-5-7-4-6-2-1-3-9-6/h2H,1,3-4H2. The number of rotatable bonds is 2. The van der Waals surface area contributed by atoms with Crippen LogP contribution in [0.15, 0.2) is 16.0 Å². The van der Waals surface area contributed by atoms with E-state index in [2.05, 4.69) is 11.1 Å². The summed E-state index contributed by atoms with van der Waals surface area (Å²) in [5.41, 5.74) is 0. The maximum atomic E-state index is 9.63. The van der Waals surface area contributed by atoms with E-state index in [0.717, 1.165) is 12.2 Å². The summed E-state index contributed by atoms with van der Waals surface area (Å²) < 4.78 is 0. The maximum absolute atomic E-state index is 9.63. The molecule has 0 atom stereocenters. The van der Waals surface area contributed by atoms with Crippen LogP contribution < -0.4 is 0 Å². The fraction of sp³-hybridized carbons (Fsp3) is 0.500. The second kappa shape index (κ2) is 3.49. The van der Waals surface area contributed by atoms with Crippen molar-refractivity contribution >= 4 is 17.8 Å². The summed E-state index contributed by atoms with van der Waals surface area (Å²) in [6, 6.07) is 0. The number of aliphatic imine (C=N–C) groups is 1. The summed E-state index contributed by atoms with van der Waals surface area (Å²) >= 11 is 1.77. The Bertz CT molecular complexity index is 170. The number of allylic oxidation sites excluding steroid dienone is 1. The number of thioether (sulfide) groups is 1. The van der Waals surface area contributed by atoms with E-state index in [1.54, 1.807) is 11.8 Å². The third kappa shape index (κ3) is 2.04. The Hall–Kier alpha value is -0.530. The Labute approximate surface area is 58.0 Å². The van der Waals surface area contributed by atoms with Crippen molar-refractivity contribution in [1.29, 1.82) is 0 Å². The van der Waals surface area contributed by atoms with Gasteiger partial charge in [-0.05, 0) is 6.42 Å². The highest BCUT2D eigenvalue weighted by Gasteiger charge is 2.02. The van der Waals surface area contributed by atoms with Gasteiger partial charge in [0.15, 0.2) is 0 Å². The molecule has 2 nitrogen and oxygen atoms in total. The quantitative estimate of drug-likeness (QED) is 0.429. The first-order valence-corrected chi connectivity index (χ1v) is 3.77. The summed E-state index contributed by atoms with van der Waals surface area (Å²) in [5, 5.41) is 0. The first-order valence-electron chi connectivity index (χ1n) is 2.79. The molecule has 9 heavy (non-hydrogen) atoms. The molecule has 0 aromatic heterocycles.